The zero-order chi connectivity index (χ0) is 18.9. The van der Waals surface area contributed by atoms with Crippen molar-refractivity contribution in [1.82, 2.24) is 10.2 Å². The van der Waals surface area contributed by atoms with Crippen molar-refractivity contribution in [2.24, 2.45) is 0 Å². The maximum absolute atomic E-state index is 12.9. The molecule has 1 saturated heterocycles. The number of ether oxygens (including phenoxy) is 2. The molecule has 0 spiro atoms. The van der Waals surface area contributed by atoms with Crippen LogP contribution in [0.15, 0.2) is 24.8 Å². The van der Waals surface area contributed by atoms with E-state index in [1.54, 1.807) is 14.2 Å². The minimum absolute atomic E-state index is 0.107. The van der Waals surface area contributed by atoms with Gasteiger partial charge in [-0.15, -0.1) is 6.58 Å². The summed E-state index contributed by atoms with van der Waals surface area (Å²) < 4.78 is 10.9. The van der Waals surface area contributed by atoms with E-state index in [-0.39, 0.29) is 5.91 Å². The lowest BCUT2D eigenvalue weighted by Crippen LogP contribution is -2.40. The summed E-state index contributed by atoms with van der Waals surface area (Å²) >= 11 is 0. The van der Waals surface area contributed by atoms with Gasteiger partial charge in [0.15, 0.2) is 11.5 Å². The van der Waals surface area contributed by atoms with Crippen molar-refractivity contribution >= 4 is 5.91 Å². The first kappa shape index (κ1) is 20.3. The average Bonchev–Trinajstić information content (AvgIpc) is 3.10. The number of benzene rings is 1. The number of nitrogens with zero attached hydrogens (tertiary/aromatic N) is 1. The van der Waals surface area contributed by atoms with Gasteiger partial charge in [-0.1, -0.05) is 19.4 Å². The van der Waals surface area contributed by atoms with Gasteiger partial charge in [0.1, 0.15) is 0 Å². The first-order valence-corrected chi connectivity index (χ1v) is 9.52. The highest BCUT2D eigenvalue weighted by Crippen LogP contribution is 2.33. The summed E-state index contributed by atoms with van der Waals surface area (Å²) in [5, 5.41) is 3.09. The third kappa shape index (κ3) is 5.01. The van der Waals surface area contributed by atoms with Crippen LogP contribution >= 0.6 is 0 Å². The molecular formula is C21H32N2O3. The maximum atomic E-state index is 12.9. The molecule has 1 amide bonds. The number of amides is 1. The molecule has 5 heteroatoms. The molecule has 0 aliphatic carbocycles. The zero-order valence-corrected chi connectivity index (χ0v) is 16.3. The molecule has 1 fully saturated rings. The van der Waals surface area contributed by atoms with Gasteiger partial charge in [0.25, 0.3) is 5.91 Å². The highest BCUT2D eigenvalue weighted by atomic mass is 16.5. The summed E-state index contributed by atoms with van der Waals surface area (Å²) in [5.74, 6) is 1.00. The van der Waals surface area contributed by atoms with Gasteiger partial charge >= 0.3 is 0 Å². The Hall–Kier alpha value is -2.01. The number of nitrogens with one attached hydrogen (secondary N) is 1. The van der Waals surface area contributed by atoms with Crippen LogP contribution in [0.25, 0.3) is 0 Å². The van der Waals surface area contributed by atoms with Gasteiger partial charge in [0.2, 0.25) is 0 Å². The number of hydrogen-bond donors (Lipinski definition) is 1. The molecule has 2 rings (SSSR count). The fourth-order valence-electron chi connectivity index (χ4n) is 3.55. The number of rotatable bonds is 10. The van der Waals surface area contributed by atoms with Crippen LogP contribution in [0.1, 0.15) is 48.5 Å². The van der Waals surface area contributed by atoms with Crippen molar-refractivity contribution in [2.45, 2.75) is 45.1 Å². The molecule has 0 saturated carbocycles. The molecule has 26 heavy (non-hydrogen) atoms. The van der Waals surface area contributed by atoms with Crippen LogP contribution in [0.4, 0.5) is 0 Å². The van der Waals surface area contributed by atoms with Crippen molar-refractivity contribution in [3.63, 3.8) is 0 Å². The Morgan fingerprint density at radius 2 is 2.19 bits per heavy atom. The largest absolute Gasteiger partial charge is 0.493 e. The highest BCUT2D eigenvalue weighted by molar-refractivity contribution is 5.98. The molecule has 1 aliphatic rings. The predicted octanol–water partition coefficient (Wildman–Crippen LogP) is 3.43. The minimum Gasteiger partial charge on any atom is -0.493 e. The molecule has 1 heterocycles. The van der Waals surface area contributed by atoms with E-state index in [9.17, 15) is 4.79 Å². The summed E-state index contributed by atoms with van der Waals surface area (Å²) in [6.07, 6.45) is 7.30. The fourth-order valence-corrected chi connectivity index (χ4v) is 3.55. The Labute approximate surface area is 157 Å². The van der Waals surface area contributed by atoms with Gasteiger partial charge in [-0.25, -0.2) is 0 Å². The molecule has 5 nitrogen and oxygen atoms in total. The molecule has 1 aliphatic heterocycles. The Morgan fingerprint density at radius 1 is 1.38 bits per heavy atom. The number of aryl methyl sites for hydroxylation is 1. The normalized spacial score (nSPS) is 17.1. The zero-order valence-electron chi connectivity index (χ0n) is 16.3. The molecule has 0 aromatic heterocycles. The fraction of sp³-hybridized carbons (Fsp3) is 0.571. The van der Waals surface area contributed by atoms with Crippen molar-refractivity contribution in [3.8, 4) is 11.5 Å². The van der Waals surface area contributed by atoms with Crippen LogP contribution in [0.5, 0.6) is 11.5 Å². The molecule has 144 valence electrons. The summed E-state index contributed by atoms with van der Waals surface area (Å²) in [4.78, 5) is 15.2. The summed E-state index contributed by atoms with van der Waals surface area (Å²) in [5.41, 5.74) is 1.65. The van der Waals surface area contributed by atoms with E-state index in [4.69, 9.17) is 9.47 Å². The van der Waals surface area contributed by atoms with Gasteiger partial charge in [0.05, 0.1) is 19.8 Å². The molecule has 1 N–H and O–H groups in total. The van der Waals surface area contributed by atoms with E-state index < -0.39 is 0 Å². The second-order valence-electron chi connectivity index (χ2n) is 6.77. The molecular weight excluding hydrogens is 328 g/mol. The molecule has 1 aromatic carbocycles. The summed E-state index contributed by atoms with van der Waals surface area (Å²) in [7, 11) is 3.18. The Kier molecular flexibility index (Phi) is 7.98. The smallest absolute Gasteiger partial charge is 0.255 e. The molecule has 0 radical (unpaired) electrons. The number of carbonyl (C=O) groups is 1. The van der Waals surface area contributed by atoms with Gasteiger partial charge in [0, 0.05) is 19.1 Å². The number of unbranched alkanes of at least 4 members (excludes halogenated alkanes) is 1. The predicted molar refractivity (Wildman–Crippen MR) is 105 cm³/mol. The molecule has 0 unspecified atom stereocenters. The number of hydrogen-bond acceptors (Lipinski definition) is 4. The van der Waals surface area contributed by atoms with Gasteiger partial charge in [-0.3, -0.25) is 9.69 Å². The van der Waals surface area contributed by atoms with Crippen LogP contribution < -0.4 is 14.8 Å². The van der Waals surface area contributed by atoms with Crippen LogP contribution in [0.2, 0.25) is 0 Å². The topological polar surface area (TPSA) is 50.8 Å². The van der Waals surface area contributed by atoms with Crippen molar-refractivity contribution in [2.75, 3.05) is 33.9 Å². The van der Waals surface area contributed by atoms with E-state index in [0.717, 1.165) is 50.8 Å². The van der Waals surface area contributed by atoms with Crippen LogP contribution in [0, 0.1) is 0 Å². The first-order valence-electron chi connectivity index (χ1n) is 9.52. The first-order chi connectivity index (χ1) is 12.6. The van der Waals surface area contributed by atoms with E-state index >= 15 is 0 Å². The van der Waals surface area contributed by atoms with Crippen LogP contribution in [-0.2, 0) is 6.42 Å². The van der Waals surface area contributed by atoms with Crippen LogP contribution in [-0.4, -0.2) is 50.7 Å². The SMILES string of the molecule is C=CCN1CCC[C@H]1CNC(=O)c1cc(CCCC)cc(OC)c1OC. The van der Waals surface area contributed by atoms with Gasteiger partial charge in [-0.2, -0.15) is 0 Å². The number of methoxy groups -OCH3 is 2. The average molecular weight is 360 g/mol. The number of likely N-dealkylation sites (tertiary alicyclic amines) is 1. The maximum Gasteiger partial charge on any atom is 0.255 e. The Bertz CT molecular complexity index is 616. The minimum atomic E-state index is -0.107. The summed E-state index contributed by atoms with van der Waals surface area (Å²) in [6.45, 7) is 8.54. The molecule has 0 bridgehead atoms. The third-order valence-electron chi connectivity index (χ3n) is 4.96. The Morgan fingerprint density at radius 3 is 2.85 bits per heavy atom. The monoisotopic (exact) mass is 360 g/mol. The van der Waals surface area contributed by atoms with Gasteiger partial charge in [-0.05, 0) is 49.9 Å². The Balaban J connectivity index is 2.14. The summed E-state index contributed by atoms with van der Waals surface area (Å²) in [6, 6.07) is 4.27. The third-order valence-corrected chi connectivity index (χ3v) is 4.96. The van der Waals surface area contributed by atoms with E-state index in [0.29, 0.717) is 29.6 Å². The second kappa shape index (κ2) is 10.2. The van der Waals surface area contributed by atoms with E-state index in [1.165, 1.54) is 0 Å². The van der Waals surface area contributed by atoms with Crippen LogP contribution in [0.3, 0.4) is 0 Å². The highest BCUT2D eigenvalue weighted by Gasteiger charge is 2.25. The van der Waals surface area contributed by atoms with E-state index in [2.05, 4.69) is 23.7 Å². The molecule has 1 atom stereocenters. The lowest BCUT2D eigenvalue weighted by atomic mass is 10.0. The van der Waals surface area contributed by atoms with E-state index in [1.807, 2.05) is 18.2 Å². The standard InChI is InChI=1S/C21H32N2O3/c1-5-7-9-16-13-18(20(26-4)19(14-16)25-3)21(24)22-15-17-10-8-12-23(17)11-6-2/h6,13-14,17H,2,5,7-12,15H2,1,3-4H3,(H,22,24)/t17-/m0/s1. The van der Waals surface area contributed by atoms with Gasteiger partial charge < -0.3 is 14.8 Å². The molecule has 1 aromatic rings. The quantitative estimate of drug-likeness (QED) is 0.650. The second-order valence-corrected chi connectivity index (χ2v) is 6.77. The lowest BCUT2D eigenvalue weighted by molar-refractivity contribution is 0.0938. The number of carbonyl (C=O) groups excluding carboxylic acids is 1. The van der Waals surface area contributed by atoms with Crippen molar-refractivity contribution < 1.29 is 14.3 Å². The van der Waals surface area contributed by atoms with Crippen molar-refractivity contribution in [1.29, 1.82) is 0 Å². The van der Waals surface area contributed by atoms with Crippen molar-refractivity contribution in [3.05, 3.63) is 35.9 Å². The lowest BCUT2D eigenvalue weighted by Gasteiger charge is -2.23.